The number of imidazole rings is 1. The lowest BCUT2D eigenvalue weighted by Crippen LogP contribution is -2.20. The van der Waals surface area contributed by atoms with Gasteiger partial charge in [-0.2, -0.15) is 10.2 Å². The van der Waals surface area contributed by atoms with Crippen molar-refractivity contribution in [2.45, 2.75) is 26.7 Å². The molecule has 158 valence electrons. The molecule has 0 bridgehead atoms. The molecule has 31 heavy (non-hydrogen) atoms. The summed E-state index contributed by atoms with van der Waals surface area (Å²) in [5.41, 5.74) is 5.80. The molecule has 2 atom stereocenters. The minimum absolute atomic E-state index is 0.0725. The van der Waals surface area contributed by atoms with Crippen molar-refractivity contribution in [2.24, 2.45) is 16.1 Å². The maximum Gasteiger partial charge on any atom is 0.143 e. The van der Waals surface area contributed by atoms with Crippen molar-refractivity contribution in [1.29, 1.82) is 0 Å². The van der Waals surface area contributed by atoms with E-state index in [4.69, 9.17) is 4.74 Å². The quantitative estimate of drug-likeness (QED) is 0.526. The molecule has 2 heterocycles. The van der Waals surface area contributed by atoms with Crippen LogP contribution in [0.2, 0.25) is 0 Å². The summed E-state index contributed by atoms with van der Waals surface area (Å²) in [4.78, 5) is 4.28. The van der Waals surface area contributed by atoms with Gasteiger partial charge in [0, 0.05) is 18.0 Å². The topological polar surface area (TPSA) is 51.8 Å². The van der Waals surface area contributed by atoms with Crippen LogP contribution in [0.5, 0.6) is 5.75 Å². The second-order valence-corrected chi connectivity index (χ2v) is 7.73. The molecule has 0 saturated carbocycles. The zero-order valence-corrected chi connectivity index (χ0v) is 18.1. The fourth-order valence-corrected chi connectivity index (χ4v) is 3.75. The van der Waals surface area contributed by atoms with Crippen molar-refractivity contribution >= 4 is 17.5 Å². The Hall–Kier alpha value is -3.54. The SMILES string of the molecule is COc1cc(C=CC2=NN=C(C(C)c3ccc(F)cc3)C2C)ccc1-n1cnc(C)c1. The Kier molecular flexibility index (Phi) is 5.80. The third-order valence-electron chi connectivity index (χ3n) is 5.62. The first-order valence-electron chi connectivity index (χ1n) is 10.2. The molecule has 1 aliphatic heterocycles. The minimum Gasteiger partial charge on any atom is -0.495 e. The number of aromatic nitrogens is 2. The Morgan fingerprint density at radius 3 is 2.55 bits per heavy atom. The number of rotatable bonds is 6. The molecule has 0 fully saturated rings. The highest BCUT2D eigenvalue weighted by Gasteiger charge is 2.26. The Morgan fingerprint density at radius 1 is 1.10 bits per heavy atom. The first-order chi connectivity index (χ1) is 15.0. The summed E-state index contributed by atoms with van der Waals surface area (Å²) in [5, 5.41) is 8.81. The summed E-state index contributed by atoms with van der Waals surface area (Å²) in [6.45, 7) is 6.13. The molecule has 1 aromatic heterocycles. The molecule has 0 spiro atoms. The zero-order valence-electron chi connectivity index (χ0n) is 18.1. The molecule has 1 aliphatic rings. The van der Waals surface area contributed by atoms with E-state index >= 15 is 0 Å². The van der Waals surface area contributed by atoms with Gasteiger partial charge in [0.05, 0.1) is 36.2 Å². The lowest BCUT2D eigenvalue weighted by atomic mass is 9.87. The number of hydrogen-bond acceptors (Lipinski definition) is 4. The predicted octanol–water partition coefficient (Wildman–Crippen LogP) is 5.59. The summed E-state index contributed by atoms with van der Waals surface area (Å²) in [7, 11) is 1.66. The van der Waals surface area contributed by atoms with Crippen LogP contribution >= 0.6 is 0 Å². The second kappa shape index (κ2) is 8.68. The Balaban J connectivity index is 1.48. The number of nitrogens with zero attached hydrogens (tertiary/aromatic N) is 4. The average Bonchev–Trinajstić information content (AvgIpc) is 3.37. The van der Waals surface area contributed by atoms with E-state index in [-0.39, 0.29) is 17.7 Å². The van der Waals surface area contributed by atoms with Gasteiger partial charge in [0.1, 0.15) is 11.6 Å². The fraction of sp³-hybridized carbons (Fsp3) is 0.240. The van der Waals surface area contributed by atoms with Crippen LogP contribution < -0.4 is 4.74 Å². The second-order valence-electron chi connectivity index (χ2n) is 7.73. The third kappa shape index (κ3) is 4.33. The highest BCUT2D eigenvalue weighted by Crippen LogP contribution is 2.28. The number of halogens is 1. The Labute approximate surface area is 181 Å². The van der Waals surface area contributed by atoms with E-state index in [1.54, 1.807) is 25.6 Å². The molecular weight excluding hydrogens is 391 g/mol. The van der Waals surface area contributed by atoms with E-state index in [0.717, 1.165) is 39.7 Å². The highest BCUT2D eigenvalue weighted by atomic mass is 19.1. The van der Waals surface area contributed by atoms with Crippen molar-refractivity contribution in [1.82, 2.24) is 9.55 Å². The molecule has 4 rings (SSSR count). The van der Waals surface area contributed by atoms with Crippen LogP contribution in [0.15, 0.2) is 71.3 Å². The van der Waals surface area contributed by atoms with Crippen molar-refractivity contribution in [3.63, 3.8) is 0 Å². The van der Waals surface area contributed by atoms with Gasteiger partial charge in [0.15, 0.2) is 0 Å². The van der Waals surface area contributed by atoms with E-state index in [2.05, 4.69) is 29.0 Å². The van der Waals surface area contributed by atoms with E-state index in [1.165, 1.54) is 12.1 Å². The van der Waals surface area contributed by atoms with Gasteiger partial charge in [-0.05, 0) is 48.4 Å². The van der Waals surface area contributed by atoms with Crippen LogP contribution in [0.1, 0.15) is 36.6 Å². The smallest absolute Gasteiger partial charge is 0.143 e. The summed E-state index contributed by atoms with van der Waals surface area (Å²) in [6.07, 6.45) is 7.75. The molecule has 0 saturated heterocycles. The Bertz CT molecular complexity index is 1170. The van der Waals surface area contributed by atoms with Gasteiger partial charge in [-0.25, -0.2) is 9.37 Å². The standard InChI is InChI=1S/C25H25FN4O/c1-16-14-30(15-27-16)23-12-6-19(13-24(23)31-4)5-11-22-18(3)25(29-28-22)17(2)20-7-9-21(26)10-8-20/h5-15,17-18H,1-4H3. The third-order valence-corrected chi connectivity index (χ3v) is 5.62. The summed E-state index contributed by atoms with van der Waals surface area (Å²) in [5.74, 6) is 0.694. The first-order valence-corrected chi connectivity index (χ1v) is 10.2. The molecule has 0 amide bonds. The fourth-order valence-electron chi connectivity index (χ4n) is 3.75. The van der Waals surface area contributed by atoms with Crippen LogP contribution in [-0.2, 0) is 0 Å². The van der Waals surface area contributed by atoms with Crippen LogP contribution in [0.25, 0.3) is 11.8 Å². The Morgan fingerprint density at radius 2 is 1.87 bits per heavy atom. The molecule has 6 heteroatoms. The lowest BCUT2D eigenvalue weighted by Gasteiger charge is -2.16. The summed E-state index contributed by atoms with van der Waals surface area (Å²) < 4.78 is 20.8. The maximum absolute atomic E-state index is 13.2. The minimum atomic E-state index is -0.234. The van der Waals surface area contributed by atoms with Gasteiger partial charge < -0.3 is 9.30 Å². The molecule has 0 radical (unpaired) electrons. The van der Waals surface area contributed by atoms with Crippen LogP contribution in [-0.4, -0.2) is 28.1 Å². The van der Waals surface area contributed by atoms with E-state index < -0.39 is 0 Å². The van der Waals surface area contributed by atoms with Gasteiger partial charge in [-0.15, -0.1) is 0 Å². The van der Waals surface area contributed by atoms with Crippen molar-refractivity contribution < 1.29 is 9.13 Å². The van der Waals surface area contributed by atoms with Crippen molar-refractivity contribution in [2.75, 3.05) is 7.11 Å². The number of ether oxygens (including phenoxy) is 1. The number of hydrogen-bond donors (Lipinski definition) is 0. The largest absolute Gasteiger partial charge is 0.495 e. The lowest BCUT2D eigenvalue weighted by molar-refractivity contribution is 0.413. The molecule has 2 aromatic carbocycles. The molecule has 0 aliphatic carbocycles. The number of allylic oxidation sites excluding steroid dienone is 1. The molecule has 5 nitrogen and oxygen atoms in total. The van der Waals surface area contributed by atoms with Gasteiger partial charge in [0.2, 0.25) is 0 Å². The van der Waals surface area contributed by atoms with Gasteiger partial charge >= 0.3 is 0 Å². The monoisotopic (exact) mass is 416 g/mol. The normalized spacial score (nSPS) is 17.0. The average molecular weight is 417 g/mol. The molecule has 0 N–H and O–H groups in total. The first kappa shape index (κ1) is 20.7. The predicted molar refractivity (Wildman–Crippen MR) is 123 cm³/mol. The van der Waals surface area contributed by atoms with E-state index in [1.807, 2.05) is 48.0 Å². The van der Waals surface area contributed by atoms with Gasteiger partial charge in [-0.1, -0.05) is 38.1 Å². The van der Waals surface area contributed by atoms with Gasteiger partial charge in [-0.3, -0.25) is 0 Å². The van der Waals surface area contributed by atoms with Crippen LogP contribution in [0.3, 0.4) is 0 Å². The van der Waals surface area contributed by atoms with Crippen LogP contribution in [0.4, 0.5) is 4.39 Å². The van der Waals surface area contributed by atoms with Crippen LogP contribution in [0, 0.1) is 18.7 Å². The van der Waals surface area contributed by atoms with Crippen molar-refractivity contribution in [3.8, 4) is 11.4 Å². The van der Waals surface area contributed by atoms with Gasteiger partial charge in [0.25, 0.3) is 0 Å². The number of benzene rings is 2. The van der Waals surface area contributed by atoms with E-state index in [9.17, 15) is 4.39 Å². The summed E-state index contributed by atoms with van der Waals surface area (Å²) in [6, 6.07) is 12.6. The molecular formula is C25H25FN4O. The zero-order chi connectivity index (χ0) is 22.0. The molecule has 3 aromatic rings. The maximum atomic E-state index is 13.2. The van der Waals surface area contributed by atoms with Crippen molar-refractivity contribution in [3.05, 3.63) is 83.7 Å². The summed E-state index contributed by atoms with van der Waals surface area (Å²) >= 11 is 0. The number of aryl methyl sites for hydroxylation is 1. The van der Waals surface area contributed by atoms with E-state index in [0.29, 0.717) is 0 Å². The number of methoxy groups -OCH3 is 1. The highest BCUT2D eigenvalue weighted by molar-refractivity contribution is 6.17. The molecule has 2 unspecified atom stereocenters.